The van der Waals surface area contributed by atoms with Gasteiger partial charge in [-0.15, -0.1) is 24.0 Å². The van der Waals surface area contributed by atoms with Gasteiger partial charge in [0.1, 0.15) is 5.76 Å². The molecule has 32 heavy (non-hydrogen) atoms. The second kappa shape index (κ2) is 14.2. The van der Waals surface area contributed by atoms with Crippen LogP contribution in [-0.4, -0.2) is 50.0 Å². The molecule has 0 aliphatic carbocycles. The Kier molecular flexibility index (Phi) is 11.6. The van der Waals surface area contributed by atoms with E-state index >= 15 is 0 Å². The van der Waals surface area contributed by atoms with Gasteiger partial charge in [0.25, 0.3) is 5.91 Å². The first-order chi connectivity index (χ1) is 15.2. The lowest BCUT2D eigenvalue weighted by Gasteiger charge is -2.33. The highest BCUT2D eigenvalue weighted by Crippen LogP contribution is 2.24. The van der Waals surface area contributed by atoms with E-state index < -0.39 is 0 Å². The van der Waals surface area contributed by atoms with Crippen LogP contribution in [0.2, 0.25) is 0 Å². The standard InChI is InChI=1S/C24H35N5O2.HI/c1-3-12-26-23(30)20-10-7-9-19(16-20)17-27-24(25-2)28-18-21(22-11-8-15-31-22)29-13-5-4-6-14-29;/h7-11,15-16,21H,3-6,12-14,17-18H2,1-2H3,(H,26,30)(H2,25,27,28);1H. The lowest BCUT2D eigenvalue weighted by Crippen LogP contribution is -2.44. The van der Waals surface area contributed by atoms with Gasteiger partial charge in [-0.1, -0.05) is 25.5 Å². The van der Waals surface area contributed by atoms with E-state index in [4.69, 9.17) is 4.42 Å². The summed E-state index contributed by atoms with van der Waals surface area (Å²) < 4.78 is 5.73. The van der Waals surface area contributed by atoms with Crippen LogP contribution in [0.15, 0.2) is 52.1 Å². The van der Waals surface area contributed by atoms with Crippen LogP contribution < -0.4 is 16.0 Å². The van der Waals surface area contributed by atoms with Crippen molar-refractivity contribution < 1.29 is 9.21 Å². The maximum atomic E-state index is 12.2. The maximum Gasteiger partial charge on any atom is 0.251 e. The summed E-state index contributed by atoms with van der Waals surface area (Å²) in [5.74, 6) is 1.68. The summed E-state index contributed by atoms with van der Waals surface area (Å²) in [7, 11) is 1.77. The van der Waals surface area contributed by atoms with Crippen LogP contribution in [-0.2, 0) is 6.54 Å². The first-order valence-corrected chi connectivity index (χ1v) is 11.3. The molecule has 0 saturated carbocycles. The molecule has 1 atom stereocenters. The SMILES string of the molecule is CCCNC(=O)c1cccc(CNC(=NC)NCC(c2ccco2)N2CCCCC2)c1.I. The number of guanidine groups is 1. The summed E-state index contributed by atoms with van der Waals surface area (Å²) in [5.41, 5.74) is 1.71. The van der Waals surface area contributed by atoms with E-state index in [0.717, 1.165) is 36.8 Å². The molecular formula is C24H36IN5O2. The van der Waals surface area contributed by atoms with Crippen LogP contribution in [0.4, 0.5) is 0 Å². The van der Waals surface area contributed by atoms with Crippen molar-refractivity contribution in [3.05, 3.63) is 59.5 Å². The number of carbonyl (C=O) groups is 1. The fourth-order valence-corrected chi connectivity index (χ4v) is 3.88. The third kappa shape index (κ3) is 7.81. The van der Waals surface area contributed by atoms with Gasteiger partial charge in [-0.3, -0.25) is 14.7 Å². The Morgan fingerprint density at radius 3 is 2.62 bits per heavy atom. The molecule has 1 aromatic carbocycles. The lowest BCUT2D eigenvalue weighted by molar-refractivity contribution is 0.0953. The van der Waals surface area contributed by atoms with Crippen LogP contribution in [0.25, 0.3) is 0 Å². The second-order valence-electron chi connectivity index (χ2n) is 7.89. The summed E-state index contributed by atoms with van der Waals surface area (Å²) in [5, 5.41) is 9.73. The number of amides is 1. The van der Waals surface area contributed by atoms with E-state index in [0.29, 0.717) is 25.2 Å². The van der Waals surface area contributed by atoms with E-state index in [1.54, 1.807) is 13.3 Å². The Bertz CT molecular complexity index is 835. The number of aliphatic imine (C=N–C) groups is 1. The Morgan fingerprint density at radius 1 is 1.12 bits per heavy atom. The molecular weight excluding hydrogens is 517 g/mol. The van der Waals surface area contributed by atoms with E-state index in [1.807, 2.05) is 43.3 Å². The van der Waals surface area contributed by atoms with Crippen molar-refractivity contribution in [1.82, 2.24) is 20.9 Å². The molecule has 2 heterocycles. The van der Waals surface area contributed by atoms with Crippen molar-refractivity contribution in [2.45, 2.75) is 45.2 Å². The van der Waals surface area contributed by atoms with E-state index in [-0.39, 0.29) is 35.9 Å². The molecule has 1 saturated heterocycles. The Morgan fingerprint density at radius 2 is 1.94 bits per heavy atom. The molecule has 1 fully saturated rings. The highest BCUT2D eigenvalue weighted by molar-refractivity contribution is 14.0. The van der Waals surface area contributed by atoms with Crippen molar-refractivity contribution in [1.29, 1.82) is 0 Å². The van der Waals surface area contributed by atoms with Gasteiger partial charge in [-0.2, -0.15) is 0 Å². The maximum absolute atomic E-state index is 12.2. The molecule has 3 N–H and O–H groups in total. The van der Waals surface area contributed by atoms with Gasteiger partial charge in [0.05, 0.1) is 12.3 Å². The highest BCUT2D eigenvalue weighted by atomic mass is 127. The third-order valence-electron chi connectivity index (χ3n) is 5.57. The van der Waals surface area contributed by atoms with Crippen LogP contribution >= 0.6 is 24.0 Å². The zero-order valence-corrected chi connectivity index (χ0v) is 21.4. The van der Waals surface area contributed by atoms with Crippen molar-refractivity contribution in [3.63, 3.8) is 0 Å². The lowest BCUT2D eigenvalue weighted by atomic mass is 10.1. The number of furan rings is 1. The normalized spacial score (nSPS) is 15.5. The zero-order valence-electron chi connectivity index (χ0n) is 19.1. The Hall–Kier alpha value is -2.07. The van der Waals surface area contributed by atoms with Crippen LogP contribution in [0.5, 0.6) is 0 Å². The molecule has 3 rings (SSSR count). The molecule has 8 heteroatoms. The number of nitrogens with zero attached hydrogens (tertiary/aromatic N) is 2. The molecule has 0 bridgehead atoms. The minimum absolute atomic E-state index is 0. The quantitative estimate of drug-likeness (QED) is 0.249. The van der Waals surface area contributed by atoms with Gasteiger partial charge in [0.2, 0.25) is 0 Å². The molecule has 176 valence electrons. The molecule has 0 radical (unpaired) electrons. The average molecular weight is 553 g/mol. The largest absolute Gasteiger partial charge is 0.468 e. The van der Waals surface area contributed by atoms with Gasteiger partial charge < -0.3 is 20.4 Å². The fourth-order valence-electron chi connectivity index (χ4n) is 3.88. The van der Waals surface area contributed by atoms with Crippen molar-refractivity contribution >= 4 is 35.8 Å². The fraction of sp³-hybridized carbons (Fsp3) is 0.500. The first kappa shape index (κ1) is 26.2. The summed E-state index contributed by atoms with van der Waals surface area (Å²) in [6.07, 6.45) is 6.42. The molecule has 1 unspecified atom stereocenters. The van der Waals surface area contributed by atoms with Gasteiger partial charge in [0.15, 0.2) is 5.96 Å². The highest BCUT2D eigenvalue weighted by Gasteiger charge is 2.24. The number of nitrogens with one attached hydrogen (secondary N) is 3. The molecule has 1 aliphatic rings. The van der Waals surface area contributed by atoms with Crippen molar-refractivity contribution in [2.75, 3.05) is 33.2 Å². The van der Waals surface area contributed by atoms with Crippen LogP contribution in [0.3, 0.4) is 0 Å². The van der Waals surface area contributed by atoms with Gasteiger partial charge >= 0.3 is 0 Å². The predicted octanol–water partition coefficient (Wildman–Crippen LogP) is 3.93. The summed E-state index contributed by atoms with van der Waals surface area (Å²) in [4.78, 5) is 19.1. The third-order valence-corrected chi connectivity index (χ3v) is 5.57. The van der Waals surface area contributed by atoms with Crippen molar-refractivity contribution in [2.24, 2.45) is 4.99 Å². The van der Waals surface area contributed by atoms with Crippen LogP contribution in [0, 0.1) is 0 Å². The molecule has 1 aromatic heterocycles. The predicted molar refractivity (Wildman–Crippen MR) is 140 cm³/mol. The smallest absolute Gasteiger partial charge is 0.251 e. The van der Waals surface area contributed by atoms with Crippen LogP contribution in [0.1, 0.15) is 60.3 Å². The number of piperidine rings is 1. The molecule has 1 amide bonds. The summed E-state index contributed by atoms with van der Waals surface area (Å²) >= 11 is 0. The molecule has 2 aromatic rings. The van der Waals surface area contributed by atoms with E-state index in [9.17, 15) is 4.79 Å². The number of hydrogen-bond acceptors (Lipinski definition) is 4. The minimum Gasteiger partial charge on any atom is -0.468 e. The molecule has 0 spiro atoms. The van der Waals surface area contributed by atoms with E-state index in [1.165, 1.54) is 19.3 Å². The number of rotatable bonds is 9. The van der Waals surface area contributed by atoms with Gasteiger partial charge in [-0.05, 0) is 62.2 Å². The topological polar surface area (TPSA) is 81.9 Å². The van der Waals surface area contributed by atoms with Gasteiger partial charge in [-0.25, -0.2) is 0 Å². The molecule has 1 aliphatic heterocycles. The minimum atomic E-state index is -0.0333. The Balaban J connectivity index is 0.00000363. The molecule has 7 nitrogen and oxygen atoms in total. The summed E-state index contributed by atoms with van der Waals surface area (Å²) in [6, 6.07) is 11.9. The number of likely N-dealkylation sites (tertiary alicyclic amines) is 1. The first-order valence-electron chi connectivity index (χ1n) is 11.3. The number of halogens is 1. The Labute approximate surface area is 208 Å². The number of benzene rings is 1. The number of carbonyl (C=O) groups excluding carboxylic acids is 1. The monoisotopic (exact) mass is 553 g/mol. The summed E-state index contributed by atoms with van der Waals surface area (Å²) in [6.45, 7) is 6.21. The van der Waals surface area contributed by atoms with Crippen molar-refractivity contribution in [3.8, 4) is 0 Å². The second-order valence-corrected chi connectivity index (χ2v) is 7.89. The van der Waals surface area contributed by atoms with E-state index in [2.05, 4.69) is 25.8 Å². The number of hydrogen-bond donors (Lipinski definition) is 3. The zero-order chi connectivity index (χ0) is 21.9. The van der Waals surface area contributed by atoms with Gasteiger partial charge in [0, 0.05) is 32.2 Å². The average Bonchev–Trinajstić information content (AvgIpc) is 3.35.